The third-order valence-corrected chi connectivity index (χ3v) is 3.77. The summed E-state index contributed by atoms with van der Waals surface area (Å²) in [5.41, 5.74) is 2.96. The van der Waals surface area contributed by atoms with E-state index in [1.54, 1.807) is 37.3 Å². The Morgan fingerprint density at radius 3 is 2.69 bits per heavy atom. The van der Waals surface area contributed by atoms with E-state index in [2.05, 4.69) is 5.32 Å². The quantitative estimate of drug-likeness (QED) is 0.658. The molecular weight excluding hydrogens is 330 g/mol. The van der Waals surface area contributed by atoms with Gasteiger partial charge < -0.3 is 14.8 Å². The lowest BCUT2D eigenvalue weighted by Gasteiger charge is -2.15. The first-order valence-electron chi connectivity index (χ1n) is 8.34. The van der Waals surface area contributed by atoms with Crippen LogP contribution in [0.25, 0.3) is 6.08 Å². The van der Waals surface area contributed by atoms with Gasteiger partial charge in [0.05, 0.1) is 12.2 Å². The monoisotopic (exact) mass is 349 g/mol. The van der Waals surface area contributed by atoms with Gasteiger partial charge in [0.1, 0.15) is 12.4 Å². The Bertz CT molecular complexity index is 866. The third-order valence-electron chi connectivity index (χ3n) is 3.77. The fourth-order valence-electron chi connectivity index (χ4n) is 2.50. The van der Waals surface area contributed by atoms with Gasteiger partial charge in [-0.1, -0.05) is 24.3 Å². The molecule has 0 atom stereocenters. The standard InChI is InChI=1S/C21H19NO4/c1-2-25-21(24)16-8-10-18(11-9-16)22-20(23)12-7-15-13-17-5-3-4-6-19(17)26-14-15/h3-13H,2,14H2,1H3,(H,22,23)/b12-7+. The van der Waals surface area contributed by atoms with Crippen molar-refractivity contribution in [3.63, 3.8) is 0 Å². The molecule has 5 heteroatoms. The van der Waals surface area contributed by atoms with Crippen molar-refractivity contribution in [1.82, 2.24) is 0 Å². The zero-order valence-electron chi connectivity index (χ0n) is 14.4. The first-order chi connectivity index (χ1) is 12.7. The Hall–Kier alpha value is -3.34. The van der Waals surface area contributed by atoms with Gasteiger partial charge >= 0.3 is 5.97 Å². The largest absolute Gasteiger partial charge is 0.488 e. The summed E-state index contributed by atoms with van der Waals surface area (Å²) in [4.78, 5) is 23.7. The molecule has 1 amide bonds. The molecule has 26 heavy (non-hydrogen) atoms. The molecule has 1 aliphatic heterocycles. The van der Waals surface area contributed by atoms with Gasteiger partial charge in [0.25, 0.3) is 0 Å². The molecule has 0 saturated carbocycles. The molecule has 0 saturated heterocycles. The van der Waals surface area contributed by atoms with Crippen molar-refractivity contribution in [2.75, 3.05) is 18.5 Å². The number of rotatable bonds is 5. The van der Waals surface area contributed by atoms with E-state index in [1.165, 1.54) is 6.08 Å². The molecule has 2 aromatic carbocycles. The SMILES string of the molecule is CCOC(=O)c1ccc(NC(=O)/C=C/C2=Cc3ccccc3OC2)cc1. The number of carbonyl (C=O) groups excluding carboxylic acids is 2. The van der Waals surface area contributed by atoms with Gasteiger partial charge in [-0.15, -0.1) is 0 Å². The van der Waals surface area contributed by atoms with Crippen molar-refractivity contribution in [2.24, 2.45) is 0 Å². The van der Waals surface area contributed by atoms with Crippen molar-refractivity contribution >= 4 is 23.6 Å². The summed E-state index contributed by atoms with van der Waals surface area (Å²) in [6.07, 6.45) is 5.19. The van der Waals surface area contributed by atoms with Crippen LogP contribution in [0.3, 0.4) is 0 Å². The summed E-state index contributed by atoms with van der Waals surface area (Å²) in [5.74, 6) is 0.208. The van der Waals surface area contributed by atoms with Gasteiger partial charge in [-0.3, -0.25) is 4.79 Å². The second-order valence-electron chi connectivity index (χ2n) is 5.67. The number of benzene rings is 2. The molecule has 0 bridgehead atoms. The minimum Gasteiger partial charge on any atom is -0.488 e. The smallest absolute Gasteiger partial charge is 0.338 e. The summed E-state index contributed by atoms with van der Waals surface area (Å²) >= 11 is 0. The van der Waals surface area contributed by atoms with Crippen LogP contribution in [-0.2, 0) is 9.53 Å². The Labute approximate surface area is 151 Å². The number of carbonyl (C=O) groups is 2. The van der Waals surface area contributed by atoms with Gasteiger partial charge in [-0.2, -0.15) is 0 Å². The number of anilines is 1. The maximum atomic E-state index is 12.1. The van der Waals surface area contributed by atoms with Crippen molar-refractivity contribution in [3.05, 3.63) is 77.4 Å². The van der Waals surface area contributed by atoms with E-state index < -0.39 is 0 Å². The lowest BCUT2D eigenvalue weighted by Crippen LogP contribution is -2.10. The van der Waals surface area contributed by atoms with Crippen molar-refractivity contribution in [3.8, 4) is 5.75 Å². The van der Waals surface area contributed by atoms with Crippen LogP contribution in [0.2, 0.25) is 0 Å². The predicted molar refractivity (Wildman–Crippen MR) is 100 cm³/mol. The van der Waals surface area contributed by atoms with Crippen molar-refractivity contribution in [1.29, 1.82) is 0 Å². The lowest BCUT2D eigenvalue weighted by atomic mass is 10.1. The molecule has 132 valence electrons. The number of nitrogens with one attached hydrogen (secondary N) is 1. The molecule has 1 heterocycles. The molecular formula is C21H19NO4. The number of hydrogen-bond donors (Lipinski definition) is 1. The number of amides is 1. The average molecular weight is 349 g/mol. The highest BCUT2D eigenvalue weighted by Crippen LogP contribution is 2.26. The summed E-state index contributed by atoms with van der Waals surface area (Å²) in [5, 5.41) is 2.75. The molecule has 3 rings (SSSR count). The minimum absolute atomic E-state index is 0.256. The van der Waals surface area contributed by atoms with Crippen LogP contribution in [0.1, 0.15) is 22.8 Å². The molecule has 0 aliphatic carbocycles. The van der Waals surface area contributed by atoms with Gasteiger partial charge in [0, 0.05) is 17.3 Å². The molecule has 2 aromatic rings. The van der Waals surface area contributed by atoms with Crippen LogP contribution in [0.4, 0.5) is 5.69 Å². The molecule has 0 spiro atoms. The number of para-hydroxylation sites is 1. The van der Waals surface area contributed by atoms with Gasteiger partial charge in [-0.25, -0.2) is 4.79 Å². The third kappa shape index (κ3) is 4.39. The molecule has 0 fully saturated rings. The number of hydrogen-bond acceptors (Lipinski definition) is 4. The van der Waals surface area contributed by atoms with Crippen LogP contribution in [0, 0.1) is 0 Å². The van der Waals surface area contributed by atoms with Crippen LogP contribution in [-0.4, -0.2) is 25.1 Å². The Morgan fingerprint density at radius 2 is 1.92 bits per heavy atom. The van der Waals surface area contributed by atoms with Crippen LogP contribution in [0.5, 0.6) is 5.75 Å². The fourth-order valence-corrected chi connectivity index (χ4v) is 2.50. The highest BCUT2D eigenvalue weighted by molar-refractivity contribution is 6.00. The topological polar surface area (TPSA) is 64.6 Å². The summed E-state index contributed by atoms with van der Waals surface area (Å²) in [6, 6.07) is 14.3. The van der Waals surface area contributed by atoms with Crippen LogP contribution >= 0.6 is 0 Å². The second-order valence-corrected chi connectivity index (χ2v) is 5.67. The van der Waals surface area contributed by atoms with E-state index in [0.717, 1.165) is 16.9 Å². The van der Waals surface area contributed by atoms with E-state index >= 15 is 0 Å². The van der Waals surface area contributed by atoms with Gasteiger partial charge in [0.2, 0.25) is 5.91 Å². The predicted octanol–water partition coefficient (Wildman–Crippen LogP) is 3.83. The normalized spacial score (nSPS) is 12.7. The van der Waals surface area contributed by atoms with E-state index in [9.17, 15) is 9.59 Å². The Balaban J connectivity index is 1.60. The highest BCUT2D eigenvalue weighted by atomic mass is 16.5. The lowest BCUT2D eigenvalue weighted by molar-refractivity contribution is -0.111. The molecule has 0 aromatic heterocycles. The molecule has 0 radical (unpaired) electrons. The Kier molecular flexibility index (Phi) is 5.49. The second kappa shape index (κ2) is 8.16. The molecule has 5 nitrogen and oxygen atoms in total. The summed E-state index contributed by atoms with van der Waals surface area (Å²) < 4.78 is 10.6. The first kappa shape index (κ1) is 17.5. The van der Waals surface area contributed by atoms with Crippen molar-refractivity contribution < 1.29 is 19.1 Å². The van der Waals surface area contributed by atoms with E-state index in [1.807, 2.05) is 30.3 Å². The molecule has 1 N–H and O–H groups in total. The zero-order chi connectivity index (χ0) is 18.4. The summed E-state index contributed by atoms with van der Waals surface area (Å²) in [6.45, 7) is 2.51. The Morgan fingerprint density at radius 1 is 1.15 bits per heavy atom. The van der Waals surface area contributed by atoms with Crippen LogP contribution in [0.15, 0.2) is 66.3 Å². The van der Waals surface area contributed by atoms with E-state index in [0.29, 0.717) is 24.5 Å². The van der Waals surface area contributed by atoms with Crippen LogP contribution < -0.4 is 10.1 Å². The average Bonchev–Trinajstić information content (AvgIpc) is 2.67. The summed E-state index contributed by atoms with van der Waals surface area (Å²) in [7, 11) is 0. The number of esters is 1. The maximum Gasteiger partial charge on any atom is 0.338 e. The van der Waals surface area contributed by atoms with E-state index in [4.69, 9.17) is 9.47 Å². The minimum atomic E-state index is -0.380. The van der Waals surface area contributed by atoms with Gasteiger partial charge in [-0.05, 0) is 48.9 Å². The van der Waals surface area contributed by atoms with E-state index in [-0.39, 0.29) is 11.9 Å². The number of ether oxygens (including phenoxy) is 2. The molecule has 1 aliphatic rings. The van der Waals surface area contributed by atoms with Gasteiger partial charge in [0.15, 0.2) is 0 Å². The fraction of sp³-hybridized carbons (Fsp3) is 0.143. The molecule has 0 unspecified atom stereocenters. The first-order valence-corrected chi connectivity index (χ1v) is 8.34. The van der Waals surface area contributed by atoms with Crippen molar-refractivity contribution in [2.45, 2.75) is 6.92 Å². The number of fused-ring (bicyclic) bond motifs is 1. The zero-order valence-corrected chi connectivity index (χ0v) is 14.4. The maximum absolute atomic E-state index is 12.1. The highest BCUT2D eigenvalue weighted by Gasteiger charge is 2.09.